The van der Waals surface area contributed by atoms with Crippen molar-refractivity contribution in [3.05, 3.63) is 85.2 Å². The van der Waals surface area contributed by atoms with Crippen LogP contribution < -0.4 is 59.1 Å². The molecule has 36 heavy (non-hydrogen) atoms. The summed E-state index contributed by atoms with van der Waals surface area (Å²) in [5.41, 5.74) is 4.42. The summed E-state index contributed by atoms with van der Waals surface area (Å²) in [5, 5.41) is 1.61. The molecule has 3 aromatic carbocycles. The smallest absolute Gasteiger partial charge is 1.00 e. The Balaban J connectivity index is 0.00000180. The summed E-state index contributed by atoms with van der Waals surface area (Å²) in [4.78, 5) is 8.67. The molecule has 12 heteroatoms. The van der Waals surface area contributed by atoms with E-state index in [1.54, 1.807) is 36.7 Å². The summed E-state index contributed by atoms with van der Waals surface area (Å²) in [7, 11) is -8.57. The predicted molar refractivity (Wildman–Crippen MR) is 130 cm³/mol. The van der Waals surface area contributed by atoms with E-state index in [9.17, 15) is 25.9 Å². The molecule has 0 spiro atoms. The predicted octanol–water partition coefficient (Wildman–Crippen LogP) is -1.16. The molecule has 0 atom stereocenters. The number of rotatable bonds is 4. The minimum absolute atomic E-state index is 0. The zero-order valence-corrected chi connectivity index (χ0v) is 25.0. The van der Waals surface area contributed by atoms with Gasteiger partial charge in [-0.3, -0.25) is 19.1 Å². The summed E-state index contributed by atoms with van der Waals surface area (Å²) in [6, 6.07) is 19.2. The molecule has 8 nitrogen and oxygen atoms in total. The largest absolute Gasteiger partial charge is 1.00 e. The quantitative estimate of drug-likeness (QED) is 0.166. The number of fused-ring (bicyclic) bond motifs is 3. The molecule has 0 bridgehead atoms. The zero-order valence-electron chi connectivity index (χ0n) is 21.3. The van der Waals surface area contributed by atoms with Gasteiger partial charge in [0.1, 0.15) is 0 Å². The second-order valence-electron chi connectivity index (χ2n) is 7.57. The maximum Gasteiger partial charge on any atom is 1.00 e. The number of hydrogen-bond donors (Lipinski definition) is 2. The molecule has 2 N–H and O–H groups in total. The third-order valence-corrected chi connectivity index (χ3v) is 7.28. The molecule has 2 aromatic heterocycles. The van der Waals surface area contributed by atoms with Crippen LogP contribution in [0.5, 0.6) is 0 Å². The van der Waals surface area contributed by atoms with Crippen LogP contribution in [0.1, 0.15) is 2.85 Å². The first kappa shape index (κ1) is 28.9. The zero-order chi connectivity index (χ0) is 24.1. The van der Waals surface area contributed by atoms with E-state index in [0.717, 1.165) is 33.0 Å². The minimum atomic E-state index is -4.28. The van der Waals surface area contributed by atoms with Gasteiger partial charge in [0.2, 0.25) is 0 Å². The van der Waals surface area contributed by atoms with Crippen LogP contribution in [0.4, 0.5) is 0 Å². The monoisotopic (exact) mass is 540 g/mol. The van der Waals surface area contributed by atoms with Crippen molar-refractivity contribution in [2.45, 2.75) is 9.79 Å². The molecule has 0 saturated carbocycles. The Hall–Kier alpha value is -1.70. The number of hydrogen-bond acceptors (Lipinski definition) is 6. The van der Waals surface area contributed by atoms with E-state index in [4.69, 9.17) is 0 Å². The topological polar surface area (TPSA) is 135 Å². The average Bonchev–Trinajstić information content (AvgIpc) is 2.82. The van der Waals surface area contributed by atoms with Crippen LogP contribution in [0.15, 0.2) is 95.0 Å². The van der Waals surface area contributed by atoms with Gasteiger partial charge < -0.3 is 2.85 Å². The maximum absolute atomic E-state index is 11.4. The number of pyridine rings is 2. The summed E-state index contributed by atoms with van der Waals surface area (Å²) >= 11 is 0. The van der Waals surface area contributed by atoms with Crippen molar-refractivity contribution in [1.29, 1.82) is 0 Å². The number of benzene rings is 3. The Kier molecular flexibility index (Phi) is 8.79. The Morgan fingerprint density at radius 1 is 0.528 bits per heavy atom. The van der Waals surface area contributed by atoms with Gasteiger partial charge >= 0.3 is 59.1 Å². The first-order chi connectivity index (χ1) is 16.1. The molecular formula is C24H18N2Na2O6S2. The third-order valence-electron chi connectivity index (χ3n) is 5.55. The normalized spacial score (nSPS) is 11.6. The maximum atomic E-state index is 11.4. The van der Waals surface area contributed by atoms with Crippen molar-refractivity contribution < 1.29 is 87.9 Å². The van der Waals surface area contributed by atoms with Crippen molar-refractivity contribution in [2.75, 3.05) is 0 Å². The molecule has 2 heterocycles. The number of nitrogens with zero attached hydrogens (tertiary/aromatic N) is 2. The van der Waals surface area contributed by atoms with Gasteiger partial charge in [-0.05, 0) is 58.7 Å². The second kappa shape index (κ2) is 11.0. The van der Waals surface area contributed by atoms with E-state index in [-0.39, 0.29) is 71.8 Å². The second-order valence-corrected chi connectivity index (χ2v) is 10.4. The summed E-state index contributed by atoms with van der Waals surface area (Å²) in [5.74, 6) is 0. The van der Waals surface area contributed by atoms with E-state index in [2.05, 4.69) is 9.97 Å². The molecular weight excluding hydrogens is 522 g/mol. The Morgan fingerprint density at radius 2 is 0.861 bits per heavy atom. The van der Waals surface area contributed by atoms with Crippen molar-refractivity contribution >= 4 is 42.0 Å². The van der Waals surface area contributed by atoms with Crippen LogP contribution in [-0.2, 0) is 20.2 Å². The Morgan fingerprint density at radius 3 is 1.17 bits per heavy atom. The van der Waals surface area contributed by atoms with E-state index in [1.807, 2.05) is 24.3 Å². The molecule has 5 rings (SSSR count). The molecule has 0 aliphatic carbocycles. The average molecular weight is 541 g/mol. The standard InChI is InChI=1S/C24H16N2O6S2.2Na.2H/c27-33(28,29)17-5-1-15(2-6-17)19-11-13-25-23-21(19)9-10-22-20(12-14-26-24(22)23)16-3-7-18(8-4-16)34(30,31)32;;;;/h1-14H,(H,27,28,29)(H,30,31,32);;;;/q;2*+1;2*-1. The summed E-state index contributed by atoms with van der Waals surface area (Å²) in [6.07, 6.45) is 3.28. The van der Waals surface area contributed by atoms with E-state index < -0.39 is 20.2 Å². The molecule has 0 aliphatic rings. The van der Waals surface area contributed by atoms with Crippen molar-refractivity contribution in [1.82, 2.24) is 9.97 Å². The third kappa shape index (κ3) is 5.58. The van der Waals surface area contributed by atoms with Gasteiger partial charge in [0.15, 0.2) is 0 Å². The molecule has 0 saturated heterocycles. The van der Waals surface area contributed by atoms with Crippen LogP contribution >= 0.6 is 0 Å². The van der Waals surface area contributed by atoms with Crippen molar-refractivity contribution in [3.8, 4) is 22.3 Å². The van der Waals surface area contributed by atoms with Crippen LogP contribution in [0.2, 0.25) is 0 Å². The Bertz CT molecular complexity index is 1670. The van der Waals surface area contributed by atoms with Crippen molar-refractivity contribution in [3.63, 3.8) is 0 Å². The van der Waals surface area contributed by atoms with E-state index in [1.165, 1.54) is 24.3 Å². The Labute approximate surface area is 254 Å². The molecule has 174 valence electrons. The fourth-order valence-corrected chi connectivity index (χ4v) is 4.90. The van der Waals surface area contributed by atoms with Crippen LogP contribution in [0.3, 0.4) is 0 Å². The molecule has 0 unspecified atom stereocenters. The van der Waals surface area contributed by atoms with Crippen LogP contribution in [0, 0.1) is 0 Å². The molecule has 5 aromatic rings. The minimum Gasteiger partial charge on any atom is -1.00 e. The molecule has 0 aliphatic heterocycles. The van der Waals surface area contributed by atoms with E-state index in [0.29, 0.717) is 11.0 Å². The van der Waals surface area contributed by atoms with Gasteiger partial charge in [-0.1, -0.05) is 36.4 Å². The van der Waals surface area contributed by atoms with Gasteiger partial charge in [0, 0.05) is 23.2 Å². The summed E-state index contributed by atoms with van der Waals surface area (Å²) < 4.78 is 63.9. The molecule has 0 fully saturated rings. The molecule has 0 radical (unpaired) electrons. The van der Waals surface area contributed by atoms with Crippen LogP contribution in [-0.4, -0.2) is 35.9 Å². The number of aromatic nitrogens is 2. The fourth-order valence-electron chi connectivity index (χ4n) is 3.94. The van der Waals surface area contributed by atoms with E-state index >= 15 is 0 Å². The first-order valence-electron chi connectivity index (χ1n) is 9.95. The first-order valence-corrected chi connectivity index (χ1v) is 12.8. The van der Waals surface area contributed by atoms with Gasteiger partial charge in [0.05, 0.1) is 20.8 Å². The fraction of sp³-hybridized carbons (Fsp3) is 0. The van der Waals surface area contributed by atoms with Gasteiger partial charge in [0.25, 0.3) is 20.2 Å². The van der Waals surface area contributed by atoms with Crippen molar-refractivity contribution in [2.24, 2.45) is 0 Å². The van der Waals surface area contributed by atoms with Gasteiger partial charge in [-0.2, -0.15) is 16.8 Å². The van der Waals surface area contributed by atoms with Gasteiger partial charge in [-0.15, -0.1) is 0 Å². The van der Waals surface area contributed by atoms with Crippen LogP contribution in [0.25, 0.3) is 44.1 Å². The SMILES string of the molecule is O=S(=O)(O)c1ccc(-c2ccnc3c2ccc2c(-c4ccc(S(=O)(=O)O)cc4)ccnc23)cc1.[H-].[H-].[Na+].[Na+]. The van der Waals surface area contributed by atoms with Gasteiger partial charge in [-0.25, -0.2) is 0 Å². The molecule has 0 amide bonds. The summed E-state index contributed by atoms with van der Waals surface area (Å²) in [6.45, 7) is 0.